The average molecular weight is 495 g/mol. The molecular weight excluding hydrogens is 473 g/mol. The molecule has 168 valence electrons. The zero-order chi connectivity index (χ0) is 22.8. The van der Waals surface area contributed by atoms with Crippen LogP contribution in [0.1, 0.15) is 43.6 Å². The van der Waals surface area contributed by atoms with Crippen molar-refractivity contribution in [3.63, 3.8) is 0 Å². The molecule has 1 aromatic heterocycles. The quantitative estimate of drug-likeness (QED) is 0.639. The van der Waals surface area contributed by atoms with Crippen molar-refractivity contribution in [3.05, 3.63) is 56.9 Å². The highest BCUT2D eigenvalue weighted by molar-refractivity contribution is 6.35. The first-order chi connectivity index (χ1) is 15.3. The van der Waals surface area contributed by atoms with Crippen LogP contribution in [0.3, 0.4) is 0 Å². The van der Waals surface area contributed by atoms with Crippen molar-refractivity contribution < 1.29 is 9.59 Å². The number of hydrogen-bond donors (Lipinski definition) is 2. The number of carbonyl (C=O) groups excluding carboxylic acids is 2. The van der Waals surface area contributed by atoms with E-state index in [-0.39, 0.29) is 17.9 Å². The molecule has 4 rings (SSSR count). The summed E-state index contributed by atoms with van der Waals surface area (Å²) in [6.45, 7) is 2.95. The van der Waals surface area contributed by atoms with Gasteiger partial charge in [-0.2, -0.15) is 0 Å². The van der Waals surface area contributed by atoms with E-state index >= 15 is 0 Å². The van der Waals surface area contributed by atoms with Gasteiger partial charge in [0.2, 0.25) is 11.8 Å². The Morgan fingerprint density at radius 1 is 1.25 bits per heavy atom. The molecule has 0 spiro atoms. The fraction of sp³-hybridized carbons (Fsp3) is 0.364. The summed E-state index contributed by atoms with van der Waals surface area (Å²) in [5.74, 6) is 0.954. The van der Waals surface area contributed by atoms with Crippen LogP contribution in [0.4, 0.5) is 5.82 Å². The Balaban J connectivity index is 1.46. The molecule has 1 fully saturated rings. The standard InChI is InChI=1S/C22H22Cl3N5O2/c1-12(15-3-2-14(23)10-16(15)24)27-21-17(25)11-26-20(29-21)13-6-8-30(9-7-13)22(32)18-4-5-19(31)28-18/h2-3,6,10-12,18H,4-5,7-9H2,1H3,(H,28,31)(H,26,27,29)/t12-,18?/m1/s1. The van der Waals surface area contributed by atoms with Crippen molar-refractivity contribution in [2.45, 2.75) is 38.3 Å². The Morgan fingerprint density at radius 2 is 2.06 bits per heavy atom. The number of rotatable bonds is 5. The topological polar surface area (TPSA) is 87.2 Å². The molecular formula is C22H22Cl3N5O2. The first-order valence-corrected chi connectivity index (χ1v) is 11.5. The van der Waals surface area contributed by atoms with Crippen molar-refractivity contribution in [2.75, 3.05) is 18.4 Å². The van der Waals surface area contributed by atoms with Gasteiger partial charge in [0.15, 0.2) is 5.82 Å². The summed E-state index contributed by atoms with van der Waals surface area (Å²) in [7, 11) is 0. The molecule has 2 aliphatic heterocycles. The highest BCUT2D eigenvalue weighted by atomic mass is 35.5. The summed E-state index contributed by atoms with van der Waals surface area (Å²) in [5.41, 5.74) is 1.82. The maximum absolute atomic E-state index is 12.6. The van der Waals surface area contributed by atoms with Crippen LogP contribution in [-0.4, -0.2) is 45.8 Å². The molecule has 2 aromatic rings. The number of carbonyl (C=O) groups is 2. The summed E-state index contributed by atoms with van der Waals surface area (Å²) in [4.78, 5) is 34.7. The molecule has 1 unspecified atom stereocenters. The monoisotopic (exact) mass is 493 g/mol. The Hall–Kier alpha value is -2.35. The second-order valence-electron chi connectivity index (χ2n) is 7.84. The predicted octanol–water partition coefficient (Wildman–Crippen LogP) is 4.50. The van der Waals surface area contributed by atoms with Gasteiger partial charge in [0.1, 0.15) is 16.9 Å². The van der Waals surface area contributed by atoms with Gasteiger partial charge in [-0.3, -0.25) is 9.59 Å². The highest BCUT2D eigenvalue weighted by Crippen LogP contribution is 2.31. The molecule has 2 amide bonds. The third-order valence-electron chi connectivity index (χ3n) is 5.63. The van der Waals surface area contributed by atoms with Gasteiger partial charge >= 0.3 is 0 Å². The van der Waals surface area contributed by atoms with Gasteiger partial charge in [-0.25, -0.2) is 9.97 Å². The first kappa shape index (κ1) is 22.8. The first-order valence-electron chi connectivity index (χ1n) is 10.3. The normalized spacial score (nSPS) is 19.4. The van der Waals surface area contributed by atoms with Gasteiger partial charge in [0.05, 0.1) is 12.2 Å². The third-order valence-corrected chi connectivity index (χ3v) is 6.47. The van der Waals surface area contributed by atoms with Gasteiger partial charge in [-0.15, -0.1) is 0 Å². The molecule has 1 aromatic carbocycles. The molecule has 0 bridgehead atoms. The van der Waals surface area contributed by atoms with Crippen LogP contribution in [0.2, 0.25) is 15.1 Å². The lowest BCUT2D eigenvalue weighted by molar-refractivity contribution is -0.134. The smallest absolute Gasteiger partial charge is 0.245 e. The van der Waals surface area contributed by atoms with E-state index in [1.54, 1.807) is 23.2 Å². The minimum Gasteiger partial charge on any atom is -0.362 e. The molecule has 7 nitrogen and oxygen atoms in total. The van der Waals surface area contributed by atoms with Crippen LogP contribution in [-0.2, 0) is 9.59 Å². The summed E-state index contributed by atoms with van der Waals surface area (Å²) < 4.78 is 0. The number of amides is 2. The van der Waals surface area contributed by atoms with Crippen LogP contribution in [0, 0.1) is 0 Å². The summed E-state index contributed by atoms with van der Waals surface area (Å²) in [6, 6.07) is 4.77. The molecule has 2 atom stereocenters. The largest absolute Gasteiger partial charge is 0.362 e. The zero-order valence-corrected chi connectivity index (χ0v) is 19.6. The molecule has 0 aliphatic carbocycles. The van der Waals surface area contributed by atoms with Crippen LogP contribution in [0.25, 0.3) is 5.57 Å². The number of anilines is 1. The van der Waals surface area contributed by atoms with E-state index in [0.29, 0.717) is 59.1 Å². The summed E-state index contributed by atoms with van der Waals surface area (Å²) in [6.07, 6.45) is 5.08. The number of nitrogens with zero attached hydrogens (tertiary/aromatic N) is 3. The fourth-order valence-corrected chi connectivity index (χ4v) is 4.57. The molecule has 0 radical (unpaired) electrons. The Kier molecular flexibility index (Phi) is 6.88. The SMILES string of the molecule is C[C@@H](Nc1nc(C2=CCN(C(=O)C3CCC(=O)N3)CC2)ncc1Cl)c1ccc(Cl)cc1Cl. The lowest BCUT2D eigenvalue weighted by Gasteiger charge is -2.28. The number of hydrogen-bond acceptors (Lipinski definition) is 5. The maximum Gasteiger partial charge on any atom is 0.245 e. The Bertz CT molecular complexity index is 1090. The lowest BCUT2D eigenvalue weighted by Crippen LogP contribution is -2.46. The Labute approximate surface area is 201 Å². The van der Waals surface area contributed by atoms with E-state index in [4.69, 9.17) is 34.8 Å². The van der Waals surface area contributed by atoms with E-state index in [0.717, 1.165) is 11.1 Å². The molecule has 10 heteroatoms. The van der Waals surface area contributed by atoms with E-state index in [1.807, 2.05) is 19.1 Å². The lowest BCUT2D eigenvalue weighted by atomic mass is 10.1. The van der Waals surface area contributed by atoms with Gasteiger partial charge in [-0.05, 0) is 43.0 Å². The van der Waals surface area contributed by atoms with E-state index in [9.17, 15) is 9.59 Å². The van der Waals surface area contributed by atoms with Crippen LogP contribution in [0.5, 0.6) is 0 Å². The van der Waals surface area contributed by atoms with Crippen molar-refractivity contribution in [3.8, 4) is 0 Å². The average Bonchev–Trinajstić information content (AvgIpc) is 3.21. The molecule has 32 heavy (non-hydrogen) atoms. The number of aromatic nitrogens is 2. The van der Waals surface area contributed by atoms with Crippen molar-refractivity contribution >= 4 is 58.0 Å². The van der Waals surface area contributed by atoms with Crippen LogP contribution in [0.15, 0.2) is 30.5 Å². The summed E-state index contributed by atoms with van der Waals surface area (Å²) in [5, 5.41) is 7.55. The second-order valence-corrected chi connectivity index (χ2v) is 9.10. The van der Waals surface area contributed by atoms with Gasteiger partial charge < -0.3 is 15.5 Å². The van der Waals surface area contributed by atoms with Crippen LogP contribution >= 0.6 is 34.8 Å². The predicted molar refractivity (Wildman–Crippen MR) is 126 cm³/mol. The van der Waals surface area contributed by atoms with Gasteiger partial charge in [0.25, 0.3) is 0 Å². The zero-order valence-electron chi connectivity index (χ0n) is 17.4. The van der Waals surface area contributed by atoms with E-state index in [1.165, 1.54) is 0 Å². The minimum absolute atomic E-state index is 0.0424. The molecule has 0 saturated carbocycles. The number of benzene rings is 1. The van der Waals surface area contributed by atoms with E-state index < -0.39 is 6.04 Å². The molecule has 2 N–H and O–H groups in total. The summed E-state index contributed by atoms with van der Waals surface area (Å²) >= 11 is 18.6. The number of nitrogens with one attached hydrogen (secondary N) is 2. The van der Waals surface area contributed by atoms with Crippen molar-refractivity contribution in [1.82, 2.24) is 20.2 Å². The fourth-order valence-electron chi connectivity index (χ4n) is 3.85. The van der Waals surface area contributed by atoms with Crippen LogP contribution < -0.4 is 10.6 Å². The molecule has 1 saturated heterocycles. The van der Waals surface area contributed by atoms with E-state index in [2.05, 4.69) is 20.6 Å². The molecule has 2 aliphatic rings. The van der Waals surface area contributed by atoms with Crippen molar-refractivity contribution in [2.24, 2.45) is 0 Å². The minimum atomic E-state index is -0.416. The van der Waals surface area contributed by atoms with Gasteiger partial charge in [0, 0.05) is 29.6 Å². The van der Waals surface area contributed by atoms with Gasteiger partial charge in [-0.1, -0.05) is 46.9 Å². The number of halogens is 3. The maximum atomic E-state index is 12.6. The molecule has 3 heterocycles. The third kappa shape index (κ3) is 5.00. The highest BCUT2D eigenvalue weighted by Gasteiger charge is 2.31. The Morgan fingerprint density at radius 3 is 2.72 bits per heavy atom. The van der Waals surface area contributed by atoms with Crippen molar-refractivity contribution in [1.29, 1.82) is 0 Å². The second kappa shape index (κ2) is 9.65.